The summed E-state index contributed by atoms with van der Waals surface area (Å²) in [5.41, 5.74) is 1.65. The molecule has 0 atom stereocenters. The van der Waals surface area contributed by atoms with Gasteiger partial charge in [0, 0.05) is 6.54 Å². The molecule has 0 aliphatic carbocycles. The number of para-hydroxylation sites is 1. The SMILES string of the molecule is CN(C)CCOCCOc1ccccc1C(C)(C)CC(C)(C)C. The summed E-state index contributed by atoms with van der Waals surface area (Å²) < 4.78 is 11.6. The molecule has 23 heavy (non-hydrogen) atoms. The van der Waals surface area contributed by atoms with E-state index in [0.717, 1.165) is 25.3 Å². The fourth-order valence-corrected chi connectivity index (χ4v) is 3.13. The monoisotopic (exact) mass is 321 g/mol. The Morgan fingerprint density at radius 3 is 2.17 bits per heavy atom. The largest absolute Gasteiger partial charge is 0.491 e. The topological polar surface area (TPSA) is 21.7 Å². The van der Waals surface area contributed by atoms with E-state index in [0.29, 0.717) is 13.2 Å². The molecular formula is C20H35NO2. The molecule has 0 saturated carbocycles. The Balaban J connectivity index is 2.60. The van der Waals surface area contributed by atoms with E-state index in [-0.39, 0.29) is 10.8 Å². The second kappa shape index (κ2) is 8.70. The van der Waals surface area contributed by atoms with Crippen molar-refractivity contribution in [3.8, 4) is 5.75 Å². The molecule has 0 heterocycles. The second-order valence-corrected chi connectivity index (χ2v) is 8.38. The summed E-state index contributed by atoms with van der Waals surface area (Å²) >= 11 is 0. The molecule has 0 aromatic heterocycles. The van der Waals surface area contributed by atoms with E-state index in [4.69, 9.17) is 9.47 Å². The van der Waals surface area contributed by atoms with Crippen molar-refractivity contribution in [3.63, 3.8) is 0 Å². The maximum atomic E-state index is 6.01. The van der Waals surface area contributed by atoms with E-state index in [2.05, 4.69) is 57.7 Å². The molecule has 3 heteroatoms. The van der Waals surface area contributed by atoms with Crippen LogP contribution in [0.3, 0.4) is 0 Å². The number of hydrogen-bond acceptors (Lipinski definition) is 3. The van der Waals surface area contributed by atoms with Gasteiger partial charge in [-0.05, 0) is 43.0 Å². The third kappa shape index (κ3) is 7.85. The molecule has 0 amide bonds. The Hall–Kier alpha value is -1.06. The molecule has 1 rings (SSSR count). The highest BCUT2D eigenvalue weighted by Gasteiger charge is 2.29. The molecule has 0 spiro atoms. The summed E-state index contributed by atoms with van der Waals surface area (Å²) in [6, 6.07) is 8.40. The van der Waals surface area contributed by atoms with Gasteiger partial charge in [0.25, 0.3) is 0 Å². The smallest absolute Gasteiger partial charge is 0.123 e. The minimum Gasteiger partial charge on any atom is -0.491 e. The van der Waals surface area contributed by atoms with Gasteiger partial charge in [-0.25, -0.2) is 0 Å². The molecular weight excluding hydrogens is 286 g/mol. The van der Waals surface area contributed by atoms with Gasteiger partial charge >= 0.3 is 0 Å². The number of benzene rings is 1. The molecule has 0 saturated heterocycles. The first-order valence-corrected chi connectivity index (χ1v) is 8.57. The first kappa shape index (κ1) is 20.0. The van der Waals surface area contributed by atoms with Crippen LogP contribution in [0.5, 0.6) is 5.75 Å². The lowest BCUT2D eigenvalue weighted by atomic mass is 9.72. The van der Waals surface area contributed by atoms with Crippen LogP contribution in [0.25, 0.3) is 0 Å². The standard InChI is InChI=1S/C20H35NO2/c1-19(2,3)16-20(4,5)17-10-8-9-11-18(17)23-15-14-22-13-12-21(6)7/h8-11H,12-16H2,1-7H3. The van der Waals surface area contributed by atoms with E-state index in [9.17, 15) is 0 Å². The highest BCUT2D eigenvalue weighted by atomic mass is 16.5. The predicted octanol–water partition coefficient (Wildman–Crippen LogP) is 4.36. The normalized spacial score (nSPS) is 12.7. The van der Waals surface area contributed by atoms with Crippen molar-refractivity contribution in [2.45, 2.75) is 46.5 Å². The van der Waals surface area contributed by atoms with E-state index < -0.39 is 0 Å². The average molecular weight is 322 g/mol. The van der Waals surface area contributed by atoms with Crippen LogP contribution in [0, 0.1) is 5.41 Å². The molecule has 0 aliphatic rings. The van der Waals surface area contributed by atoms with Gasteiger partial charge in [0.05, 0.1) is 13.2 Å². The third-order valence-corrected chi connectivity index (χ3v) is 3.76. The maximum absolute atomic E-state index is 6.01. The summed E-state index contributed by atoms with van der Waals surface area (Å²) in [4.78, 5) is 2.12. The minimum absolute atomic E-state index is 0.0840. The van der Waals surface area contributed by atoms with Crippen LogP contribution in [0.15, 0.2) is 24.3 Å². The summed E-state index contributed by atoms with van der Waals surface area (Å²) in [6.07, 6.45) is 1.11. The summed E-state index contributed by atoms with van der Waals surface area (Å²) in [7, 11) is 4.10. The van der Waals surface area contributed by atoms with Gasteiger partial charge in [-0.3, -0.25) is 0 Å². The fourth-order valence-electron chi connectivity index (χ4n) is 3.13. The Labute approximate surface area is 143 Å². The quantitative estimate of drug-likeness (QED) is 0.631. The molecule has 0 fully saturated rings. The Morgan fingerprint density at radius 1 is 0.913 bits per heavy atom. The molecule has 0 unspecified atom stereocenters. The van der Waals surface area contributed by atoms with E-state index in [1.54, 1.807) is 0 Å². The van der Waals surface area contributed by atoms with Crippen molar-refractivity contribution in [1.82, 2.24) is 4.90 Å². The van der Waals surface area contributed by atoms with Crippen LogP contribution in [0.1, 0.15) is 46.6 Å². The summed E-state index contributed by atoms with van der Waals surface area (Å²) in [6.45, 7) is 14.4. The van der Waals surface area contributed by atoms with Crippen LogP contribution in [-0.4, -0.2) is 45.4 Å². The van der Waals surface area contributed by atoms with Crippen molar-refractivity contribution in [1.29, 1.82) is 0 Å². The van der Waals surface area contributed by atoms with Crippen molar-refractivity contribution in [3.05, 3.63) is 29.8 Å². The minimum atomic E-state index is 0.0840. The van der Waals surface area contributed by atoms with Crippen molar-refractivity contribution < 1.29 is 9.47 Å². The van der Waals surface area contributed by atoms with Crippen LogP contribution < -0.4 is 4.74 Å². The van der Waals surface area contributed by atoms with Gasteiger partial charge in [0.15, 0.2) is 0 Å². The molecule has 1 aromatic carbocycles. The number of nitrogens with zero attached hydrogens (tertiary/aromatic N) is 1. The lowest BCUT2D eigenvalue weighted by Crippen LogP contribution is -2.26. The van der Waals surface area contributed by atoms with Crippen LogP contribution in [-0.2, 0) is 10.2 Å². The van der Waals surface area contributed by atoms with Gasteiger partial charge in [-0.1, -0.05) is 52.8 Å². The van der Waals surface area contributed by atoms with Gasteiger partial charge in [-0.2, -0.15) is 0 Å². The lowest BCUT2D eigenvalue weighted by Gasteiger charge is -2.34. The van der Waals surface area contributed by atoms with E-state index in [1.807, 2.05) is 20.2 Å². The lowest BCUT2D eigenvalue weighted by molar-refractivity contribution is 0.0881. The second-order valence-electron chi connectivity index (χ2n) is 8.38. The Kier molecular flexibility index (Phi) is 7.56. The average Bonchev–Trinajstić information content (AvgIpc) is 2.40. The molecule has 132 valence electrons. The van der Waals surface area contributed by atoms with Gasteiger partial charge in [0.2, 0.25) is 0 Å². The van der Waals surface area contributed by atoms with E-state index in [1.165, 1.54) is 5.56 Å². The van der Waals surface area contributed by atoms with E-state index >= 15 is 0 Å². The third-order valence-electron chi connectivity index (χ3n) is 3.76. The van der Waals surface area contributed by atoms with Crippen LogP contribution >= 0.6 is 0 Å². The molecule has 0 radical (unpaired) electrons. The van der Waals surface area contributed by atoms with Crippen LogP contribution in [0.4, 0.5) is 0 Å². The summed E-state index contributed by atoms with van der Waals surface area (Å²) in [5.74, 6) is 0.984. The molecule has 1 aromatic rings. The van der Waals surface area contributed by atoms with Crippen LogP contribution in [0.2, 0.25) is 0 Å². The highest BCUT2D eigenvalue weighted by molar-refractivity contribution is 5.39. The zero-order valence-electron chi connectivity index (χ0n) is 16.1. The summed E-state index contributed by atoms with van der Waals surface area (Å²) in [5, 5.41) is 0. The van der Waals surface area contributed by atoms with Crippen molar-refractivity contribution >= 4 is 0 Å². The van der Waals surface area contributed by atoms with Crippen molar-refractivity contribution in [2.24, 2.45) is 5.41 Å². The number of rotatable bonds is 9. The van der Waals surface area contributed by atoms with Gasteiger partial charge < -0.3 is 14.4 Å². The van der Waals surface area contributed by atoms with Crippen molar-refractivity contribution in [2.75, 3.05) is 40.5 Å². The fraction of sp³-hybridized carbons (Fsp3) is 0.700. The molecule has 0 bridgehead atoms. The maximum Gasteiger partial charge on any atom is 0.123 e. The predicted molar refractivity (Wildman–Crippen MR) is 98.4 cm³/mol. The first-order chi connectivity index (χ1) is 10.6. The zero-order valence-corrected chi connectivity index (χ0v) is 16.1. The first-order valence-electron chi connectivity index (χ1n) is 8.57. The molecule has 3 nitrogen and oxygen atoms in total. The Bertz CT molecular complexity index is 461. The van der Waals surface area contributed by atoms with Gasteiger partial charge in [0.1, 0.15) is 12.4 Å². The molecule has 0 N–H and O–H groups in total. The number of likely N-dealkylation sites (N-methyl/N-ethyl adjacent to an activating group) is 1. The number of ether oxygens (including phenoxy) is 2. The Morgan fingerprint density at radius 2 is 1.57 bits per heavy atom. The van der Waals surface area contributed by atoms with Gasteiger partial charge in [-0.15, -0.1) is 0 Å². The zero-order chi connectivity index (χ0) is 17.5. The number of hydrogen-bond donors (Lipinski definition) is 0. The molecule has 0 aliphatic heterocycles. The highest BCUT2D eigenvalue weighted by Crippen LogP contribution is 2.40.